The van der Waals surface area contributed by atoms with Crippen molar-refractivity contribution in [2.24, 2.45) is 10.7 Å². The van der Waals surface area contributed by atoms with Crippen LogP contribution in [0.1, 0.15) is 10.4 Å². The van der Waals surface area contributed by atoms with Gasteiger partial charge in [0.1, 0.15) is 0 Å². The second-order valence-electron chi connectivity index (χ2n) is 3.32. The van der Waals surface area contributed by atoms with Gasteiger partial charge in [-0.3, -0.25) is 15.2 Å². The summed E-state index contributed by atoms with van der Waals surface area (Å²) in [6.07, 6.45) is 0. The zero-order chi connectivity index (χ0) is 11.7. The van der Waals surface area contributed by atoms with E-state index in [0.29, 0.717) is 11.3 Å². The summed E-state index contributed by atoms with van der Waals surface area (Å²) in [6, 6.07) is 7.14. The number of hydrogen-bond donors (Lipinski definition) is 2. The quantitative estimate of drug-likeness (QED) is 0.508. The average Bonchev–Trinajstić information content (AvgIpc) is 2.56. The molecule has 0 atom stereocenters. The van der Waals surface area contributed by atoms with Crippen molar-refractivity contribution in [1.29, 1.82) is 0 Å². The fourth-order valence-electron chi connectivity index (χ4n) is 1.35. The maximum Gasteiger partial charge on any atom is 0.231 e. The van der Waals surface area contributed by atoms with Crippen LogP contribution in [0.4, 0.5) is 5.69 Å². The number of hydrazine groups is 1. The van der Waals surface area contributed by atoms with E-state index >= 15 is 0 Å². The number of Topliss-reactive ketones (excluding diaryl/α,β-unsaturated/α-hetero) is 1. The number of aliphatic imine (C=N–C) groups is 1. The van der Waals surface area contributed by atoms with E-state index < -0.39 is 0 Å². The van der Waals surface area contributed by atoms with Crippen LogP contribution >= 0.6 is 12.2 Å². The number of rotatable bonds is 0. The van der Waals surface area contributed by atoms with E-state index in [1.807, 2.05) is 6.07 Å². The molecule has 16 heavy (non-hydrogen) atoms. The molecule has 1 aliphatic rings. The summed E-state index contributed by atoms with van der Waals surface area (Å²) in [5.41, 5.74) is 9.38. The molecule has 6 heteroatoms. The summed E-state index contributed by atoms with van der Waals surface area (Å²) >= 11 is 4.75. The van der Waals surface area contributed by atoms with Crippen LogP contribution in [-0.2, 0) is 0 Å². The summed E-state index contributed by atoms with van der Waals surface area (Å²) in [4.78, 5) is 16.0. The Kier molecular flexibility index (Phi) is 2.57. The lowest BCUT2D eigenvalue weighted by Crippen LogP contribution is -2.47. The molecule has 0 aliphatic carbocycles. The van der Waals surface area contributed by atoms with Gasteiger partial charge in [-0.15, -0.1) is 0 Å². The Balaban J connectivity index is 2.23. The molecule has 3 N–H and O–H groups in total. The summed E-state index contributed by atoms with van der Waals surface area (Å²) in [6.45, 7) is 0. The molecule has 82 valence electrons. The minimum absolute atomic E-state index is 0.145. The first-order valence-corrected chi connectivity index (χ1v) is 5.02. The van der Waals surface area contributed by atoms with E-state index in [9.17, 15) is 4.79 Å². The fraction of sp³-hybridized carbons (Fsp3) is 0.100. The van der Waals surface area contributed by atoms with Gasteiger partial charge in [0.15, 0.2) is 10.9 Å². The van der Waals surface area contributed by atoms with Crippen LogP contribution < -0.4 is 11.2 Å². The van der Waals surface area contributed by atoms with Gasteiger partial charge in [0.05, 0.1) is 11.3 Å². The number of nitrogens with two attached hydrogens (primary N) is 1. The van der Waals surface area contributed by atoms with Gasteiger partial charge in [-0.05, 0) is 24.4 Å². The van der Waals surface area contributed by atoms with Crippen LogP contribution in [0.2, 0.25) is 0 Å². The molecule has 0 saturated carbocycles. The Morgan fingerprint density at radius 1 is 1.50 bits per heavy atom. The molecule has 0 spiro atoms. The van der Waals surface area contributed by atoms with Crippen molar-refractivity contribution in [3.8, 4) is 0 Å². The third-order valence-electron chi connectivity index (χ3n) is 2.20. The number of carbonyl (C=O) groups is 1. The van der Waals surface area contributed by atoms with Crippen molar-refractivity contribution < 1.29 is 4.79 Å². The van der Waals surface area contributed by atoms with E-state index in [2.05, 4.69) is 10.4 Å². The number of para-hydroxylation sites is 1. The Morgan fingerprint density at radius 3 is 2.81 bits per heavy atom. The van der Waals surface area contributed by atoms with Gasteiger partial charge in [0, 0.05) is 7.05 Å². The van der Waals surface area contributed by atoms with Gasteiger partial charge < -0.3 is 5.73 Å². The summed E-state index contributed by atoms with van der Waals surface area (Å²) in [5, 5.41) is 1.52. The third kappa shape index (κ3) is 1.74. The van der Waals surface area contributed by atoms with E-state index in [1.165, 1.54) is 5.01 Å². The van der Waals surface area contributed by atoms with Crippen molar-refractivity contribution in [3.63, 3.8) is 0 Å². The first-order chi connectivity index (χ1) is 7.59. The topological polar surface area (TPSA) is 70.7 Å². The van der Waals surface area contributed by atoms with Crippen LogP contribution in [0.3, 0.4) is 0 Å². The standard InChI is InChI=1S/C10H10N4OS/c1-14(10(11)16)13-9-8(15)6-4-2-3-5-7(6)12-9/h2-5H,1H3,(H2,11,16)(H,12,13,15). The van der Waals surface area contributed by atoms with Gasteiger partial charge in [0.25, 0.3) is 0 Å². The molecule has 0 radical (unpaired) electrons. The van der Waals surface area contributed by atoms with Gasteiger partial charge in [-0.2, -0.15) is 0 Å². The molecule has 2 rings (SSSR count). The molecule has 1 aromatic rings. The minimum Gasteiger partial charge on any atom is -0.375 e. The smallest absolute Gasteiger partial charge is 0.231 e. The number of carbonyl (C=O) groups excluding carboxylic acids is 1. The highest BCUT2D eigenvalue weighted by Crippen LogP contribution is 2.25. The second-order valence-corrected chi connectivity index (χ2v) is 3.73. The molecule has 0 bridgehead atoms. The zero-order valence-corrected chi connectivity index (χ0v) is 9.41. The largest absolute Gasteiger partial charge is 0.375 e. The first-order valence-electron chi connectivity index (χ1n) is 4.62. The van der Waals surface area contributed by atoms with Gasteiger partial charge in [-0.1, -0.05) is 12.1 Å². The number of benzene rings is 1. The lowest BCUT2D eigenvalue weighted by Gasteiger charge is -2.17. The maximum absolute atomic E-state index is 11.9. The normalized spacial score (nSPS) is 13.1. The molecule has 5 nitrogen and oxygen atoms in total. The molecule has 0 amide bonds. The predicted molar refractivity (Wildman–Crippen MR) is 65.6 cm³/mol. The molecule has 1 heterocycles. The molecule has 0 fully saturated rings. The Morgan fingerprint density at radius 2 is 2.19 bits per heavy atom. The number of amidine groups is 1. The first kappa shape index (κ1) is 10.6. The summed E-state index contributed by atoms with van der Waals surface area (Å²) in [5.74, 6) is 0.0789. The molecule has 0 aromatic heterocycles. The van der Waals surface area contributed by atoms with Crippen LogP contribution in [0, 0.1) is 0 Å². The highest BCUT2D eigenvalue weighted by molar-refractivity contribution is 7.80. The Hall–Kier alpha value is -1.95. The fourth-order valence-corrected chi connectivity index (χ4v) is 1.40. The maximum atomic E-state index is 11.9. The SMILES string of the molecule is CN(NC1=Nc2ccccc2C1=O)C(N)=S. The van der Waals surface area contributed by atoms with Crippen molar-refractivity contribution >= 4 is 34.6 Å². The zero-order valence-electron chi connectivity index (χ0n) is 8.60. The van der Waals surface area contributed by atoms with Gasteiger partial charge in [-0.25, -0.2) is 4.99 Å². The molecule has 1 aliphatic heterocycles. The van der Waals surface area contributed by atoms with Gasteiger partial charge >= 0.3 is 0 Å². The number of ketones is 1. The lowest BCUT2D eigenvalue weighted by molar-refractivity contribution is 0.106. The van der Waals surface area contributed by atoms with Crippen molar-refractivity contribution in [3.05, 3.63) is 29.8 Å². The number of hydrogen-bond acceptors (Lipinski definition) is 4. The lowest BCUT2D eigenvalue weighted by atomic mass is 10.1. The molecule has 0 saturated heterocycles. The predicted octanol–water partition coefficient (Wildman–Crippen LogP) is 0.593. The van der Waals surface area contributed by atoms with E-state index in [1.54, 1.807) is 25.2 Å². The van der Waals surface area contributed by atoms with Crippen LogP contribution in [0.25, 0.3) is 0 Å². The Bertz CT molecular complexity index is 497. The Labute approximate surface area is 97.9 Å². The van der Waals surface area contributed by atoms with Crippen LogP contribution in [0.5, 0.6) is 0 Å². The molecular formula is C10H10N4OS. The van der Waals surface area contributed by atoms with E-state index in [0.717, 1.165) is 0 Å². The van der Waals surface area contributed by atoms with Crippen molar-refractivity contribution in [2.45, 2.75) is 0 Å². The highest BCUT2D eigenvalue weighted by atomic mass is 32.1. The van der Waals surface area contributed by atoms with Crippen molar-refractivity contribution in [1.82, 2.24) is 10.4 Å². The molecule has 0 unspecified atom stereocenters. The van der Waals surface area contributed by atoms with Crippen LogP contribution in [-0.4, -0.2) is 28.8 Å². The average molecular weight is 234 g/mol. The second kappa shape index (κ2) is 3.90. The minimum atomic E-state index is -0.154. The summed E-state index contributed by atoms with van der Waals surface area (Å²) in [7, 11) is 1.63. The molecular weight excluding hydrogens is 224 g/mol. The monoisotopic (exact) mass is 234 g/mol. The number of nitrogens with zero attached hydrogens (tertiary/aromatic N) is 2. The number of nitrogens with one attached hydrogen (secondary N) is 1. The van der Waals surface area contributed by atoms with E-state index in [-0.39, 0.29) is 16.7 Å². The molecule has 1 aromatic carbocycles. The third-order valence-corrected chi connectivity index (χ3v) is 2.47. The number of fused-ring (bicyclic) bond motifs is 1. The van der Waals surface area contributed by atoms with Crippen molar-refractivity contribution in [2.75, 3.05) is 7.05 Å². The summed E-state index contributed by atoms with van der Waals surface area (Å²) < 4.78 is 0. The number of thiocarbonyl (C=S) groups is 1. The van der Waals surface area contributed by atoms with Gasteiger partial charge in [0.2, 0.25) is 5.78 Å². The van der Waals surface area contributed by atoms with E-state index in [4.69, 9.17) is 18.0 Å². The highest BCUT2D eigenvalue weighted by Gasteiger charge is 2.24. The van der Waals surface area contributed by atoms with Crippen LogP contribution in [0.15, 0.2) is 29.3 Å².